The second-order valence-electron chi connectivity index (χ2n) is 5.04. The van der Waals surface area contributed by atoms with Crippen LogP contribution in [0.5, 0.6) is 5.88 Å². The predicted molar refractivity (Wildman–Crippen MR) is 83.3 cm³/mol. The van der Waals surface area contributed by atoms with Crippen LogP contribution in [0.15, 0.2) is 42.5 Å². The molecule has 0 amide bonds. The molecule has 3 heteroatoms. The summed E-state index contributed by atoms with van der Waals surface area (Å²) in [4.78, 5) is 4.39. The van der Waals surface area contributed by atoms with Gasteiger partial charge in [-0.2, -0.15) is 4.98 Å². The van der Waals surface area contributed by atoms with E-state index in [1.807, 2.05) is 25.1 Å². The van der Waals surface area contributed by atoms with Crippen LogP contribution in [0, 0.1) is 0 Å². The van der Waals surface area contributed by atoms with Gasteiger partial charge in [0, 0.05) is 12.6 Å². The number of anilines is 1. The zero-order valence-corrected chi connectivity index (χ0v) is 12.4. The number of hydrogen-bond donors (Lipinski definition) is 1. The molecule has 1 aromatic carbocycles. The Bertz CT molecular complexity index is 535. The van der Waals surface area contributed by atoms with Gasteiger partial charge in [0.15, 0.2) is 0 Å². The highest BCUT2D eigenvalue weighted by molar-refractivity contribution is 5.38. The fourth-order valence-corrected chi connectivity index (χ4v) is 1.95. The number of aromatic nitrogens is 1. The summed E-state index contributed by atoms with van der Waals surface area (Å²) < 4.78 is 5.39. The normalized spacial score (nSPS) is 10.6. The number of rotatable bonds is 6. The maximum atomic E-state index is 5.39. The lowest BCUT2D eigenvalue weighted by Crippen LogP contribution is -2.03. The Hall–Kier alpha value is -2.03. The zero-order valence-electron chi connectivity index (χ0n) is 12.4. The first-order chi connectivity index (χ1) is 9.69. The molecule has 3 nitrogen and oxygen atoms in total. The van der Waals surface area contributed by atoms with Crippen molar-refractivity contribution >= 4 is 5.82 Å². The largest absolute Gasteiger partial charge is 0.478 e. The zero-order chi connectivity index (χ0) is 14.4. The predicted octanol–water partition coefficient (Wildman–Crippen LogP) is 4.22. The molecular formula is C17H22N2O. The number of ether oxygens (including phenoxy) is 1. The van der Waals surface area contributed by atoms with Crippen LogP contribution < -0.4 is 10.1 Å². The van der Waals surface area contributed by atoms with E-state index in [0.717, 1.165) is 12.4 Å². The van der Waals surface area contributed by atoms with Crippen LogP contribution in [-0.4, -0.2) is 11.6 Å². The molecule has 2 aromatic rings. The van der Waals surface area contributed by atoms with Crippen LogP contribution in [0.2, 0.25) is 0 Å². The Morgan fingerprint density at radius 1 is 1.10 bits per heavy atom. The average molecular weight is 270 g/mol. The molecule has 20 heavy (non-hydrogen) atoms. The summed E-state index contributed by atoms with van der Waals surface area (Å²) in [5, 5.41) is 3.32. The van der Waals surface area contributed by atoms with Crippen molar-refractivity contribution in [3.8, 4) is 5.88 Å². The third kappa shape index (κ3) is 3.98. The Kier molecular flexibility index (Phi) is 4.99. The van der Waals surface area contributed by atoms with E-state index in [2.05, 4.69) is 48.4 Å². The molecule has 0 bridgehead atoms. The number of benzene rings is 1. The lowest BCUT2D eigenvalue weighted by atomic mass is 10.0. The molecule has 0 radical (unpaired) electrons. The van der Waals surface area contributed by atoms with Gasteiger partial charge in [-0.15, -0.1) is 0 Å². The van der Waals surface area contributed by atoms with Crippen LogP contribution in [0.4, 0.5) is 5.82 Å². The van der Waals surface area contributed by atoms with Crippen LogP contribution in [0.1, 0.15) is 37.8 Å². The number of nitrogens with one attached hydrogen (secondary N) is 1. The van der Waals surface area contributed by atoms with Crippen LogP contribution in [0.25, 0.3) is 0 Å². The number of pyridine rings is 1. The van der Waals surface area contributed by atoms with Gasteiger partial charge in [0.2, 0.25) is 5.88 Å². The van der Waals surface area contributed by atoms with Gasteiger partial charge >= 0.3 is 0 Å². The summed E-state index contributed by atoms with van der Waals surface area (Å²) in [5.74, 6) is 2.07. The molecular weight excluding hydrogens is 248 g/mol. The van der Waals surface area contributed by atoms with E-state index in [-0.39, 0.29) is 0 Å². The first kappa shape index (κ1) is 14.4. The van der Waals surface area contributed by atoms with Crippen molar-refractivity contribution in [2.45, 2.75) is 33.2 Å². The van der Waals surface area contributed by atoms with Gasteiger partial charge < -0.3 is 10.1 Å². The van der Waals surface area contributed by atoms with E-state index in [1.165, 1.54) is 11.1 Å². The molecule has 0 atom stereocenters. The minimum absolute atomic E-state index is 0.571. The van der Waals surface area contributed by atoms with Crippen molar-refractivity contribution in [1.82, 2.24) is 4.98 Å². The standard InChI is InChI=1S/C17H22N2O/c1-4-20-17-7-5-6-16(19-17)18-12-14-8-10-15(11-9-14)13(2)3/h5-11,13H,4,12H2,1-3H3,(H,18,19). The molecule has 0 aliphatic carbocycles. The third-order valence-electron chi connectivity index (χ3n) is 3.14. The SMILES string of the molecule is CCOc1cccc(NCc2ccc(C(C)C)cc2)n1. The highest BCUT2D eigenvalue weighted by atomic mass is 16.5. The first-order valence-corrected chi connectivity index (χ1v) is 7.11. The molecule has 0 saturated carbocycles. The van der Waals surface area contributed by atoms with Crippen molar-refractivity contribution in [3.63, 3.8) is 0 Å². The van der Waals surface area contributed by atoms with Gasteiger partial charge in [-0.3, -0.25) is 0 Å². The molecule has 1 aromatic heterocycles. The smallest absolute Gasteiger partial charge is 0.215 e. The molecule has 0 spiro atoms. The summed E-state index contributed by atoms with van der Waals surface area (Å²) in [7, 11) is 0. The van der Waals surface area contributed by atoms with Gasteiger partial charge in [0.05, 0.1) is 6.61 Å². The second kappa shape index (κ2) is 6.94. The number of hydrogen-bond acceptors (Lipinski definition) is 3. The summed E-state index contributed by atoms with van der Waals surface area (Å²) in [5.41, 5.74) is 2.61. The molecule has 0 saturated heterocycles. The summed E-state index contributed by atoms with van der Waals surface area (Å²) in [6.45, 7) is 7.76. The van der Waals surface area contributed by atoms with Gasteiger partial charge in [0.25, 0.3) is 0 Å². The molecule has 0 fully saturated rings. The quantitative estimate of drug-likeness (QED) is 0.853. The van der Waals surface area contributed by atoms with E-state index in [1.54, 1.807) is 0 Å². The molecule has 106 valence electrons. The second-order valence-corrected chi connectivity index (χ2v) is 5.04. The van der Waals surface area contributed by atoms with Gasteiger partial charge in [0.1, 0.15) is 5.82 Å². The summed E-state index contributed by atoms with van der Waals surface area (Å²) >= 11 is 0. The molecule has 0 aliphatic heterocycles. The van der Waals surface area contributed by atoms with Crippen molar-refractivity contribution in [2.24, 2.45) is 0 Å². The fourth-order valence-electron chi connectivity index (χ4n) is 1.95. The molecule has 0 aliphatic rings. The monoisotopic (exact) mass is 270 g/mol. The molecule has 2 rings (SSSR count). The Morgan fingerprint density at radius 3 is 2.50 bits per heavy atom. The van der Waals surface area contributed by atoms with Crippen molar-refractivity contribution in [1.29, 1.82) is 0 Å². The summed E-state index contributed by atoms with van der Waals surface area (Å²) in [6, 6.07) is 14.5. The summed E-state index contributed by atoms with van der Waals surface area (Å²) in [6.07, 6.45) is 0. The minimum Gasteiger partial charge on any atom is -0.478 e. The van der Waals surface area contributed by atoms with E-state index < -0.39 is 0 Å². The Labute approximate surface area is 121 Å². The Morgan fingerprint density at radius 2 is 1.85 bits per heavy atom. The van der Waals surface area contributed by atoms with E-state index in [4.69, 9.17) is 4.74 Å². The molecule has 0 unspecified atom stereocenters. The molecule has 1 N–H and O–H groups in total. The fraction of sp³-hybridized carbons (Fsp3) is 0.353. The van der Waals surface area contributed by atoms with Crippen LogP contribution in [-0.2, 0) is 6.54 Å². The first-order valence-electron chi connectivity index (χ1n) is 7.11. The minimum atomic E-state index is 0.571. The number of nitrogens with zero attached hydrogens (tertiary/aromatic N) is 1. The average Bonchev–Trinajstić information content (AvgIpc) is 2.46. The van der Waals surface area contributed by atoms with Crippen molar-refractivity contribution < 1.29 is 4.74 Å². The van der Waals surface area contributed by atoms with Crippen LogP contribution in [0.3, 0.4) is 0 Å². The van der Waals surface area contributed by atoms with E-state index in [9.17, 15) is 0 Å². The lowest BCUT2D eigenvalue weighted by Gasteiger charge is -2.09. The van der Waals surface area contributed by atoms with Gasteiger partial charge in [-0.1, -0.05) is 44.2 Å². The molecule has 1 heterocycles. The van der Waals surface area contributed by atoms with E-state index in [0.29, 0.717) is 18.4 Å². The third-order valence-corrected chi connectivity index (χ3v) is 3.14. The van der Waals surface area contributed by atoms with E-state index >= 15 is 0 Å². The van der Waals surface area contributed by atoms with Crippen molar-refractivity contribution in [3.05, 3.63) is 53.6 Å². The highest BCUT2D eigenvalue weighted by Crippen LogP contribution is 2.16. The maximum absolute atomic E-state index is 5.39. The Balaban J connectivity index is 1.96. The van der Waals surface area contributed by atoms with Gasteiger partial charge in [-0.25, -0.2) is 0 Å². The van der Waals surface area contributed by atoms with Crippen molar-refractivity contribution in [2.75, 3.05) is 11.9 Å². The van der Waals surface area contributed by atoms with Crippen LogP contribution >= 0.6 is 0 Å². The lowest BCUT2D eigenvalue weighted by molar-refractivity contribution is 0.327. The maximum Gasteiger partial charge on any atom is 0.215 e. The topological polar surface area (TPSA) is 34.1 Å². The van der Waals surface area contributed by atoms with Gasteiger partial charge in [-0.05, 0) is 30.0 Å². The highest BCUT2D eigenvalue weighted by Gasteiger charge is 2.00.